The van der Waals surface area contributed by atoms with E-state index in [1.807, 2.05) is 31.2 Å². The molecule has 2 heterocycles. The second-order valence-corrected chi connectivity index (χ2v) is 10.1. The molecule has 0 amide bonds. The Balaban J connectivity index is 1.72. The number of hydrogen-bond acceptors (Lipinski definition) is 4. The van der Waals surface area contributed by atoms with Crippen LogP contribution in [0.4, 0.5) is 0 Å². The molecule has 0 aromatic heterocycles. The van der Waals surface area contributed by atoms with Crippen molar-refractivity contribution in [2.75, 3.05) is 6.54 Å². The maximum atomic E-state index is 13.3. The standard InChI is InChI=1S/C21H20BrNO4S/c1-14-3-9-18(10-4-14)28(25,26)23-12-11-21(19(23)13-20(24)27-21)15(2)16-5-7-17(22)8-6-16/h3-10,19H,2,11-13H2,1H3/t19-,21+/m1/s1. The number of carbonyl (C=O) groups excluding carboxylic acids is 1. The Kier molecular flexibility index (Phi) is 4.72. The van der Waals surface area contributed by atoms with Crippen molar-refractivity contribution in [1.82, 2.24) is 4.31 Å². The Morgan fingerprint density at radius 1 is 1.18 bits per heavy atom. The van der Waals surface area contributed by atoms with Crippen molar-refractivity contribution in [3.63, 3.8) is 0 Å². The fourth-order valence-electron chi connectivity index (χ4n) is 4.06. The Bertz CT molecular complexity index is 1050. The SMILES string of the molecule is C=C(c1ccc(Br)cc1)[C@@]12CCN(S(=O)(=O)c3ccc(C)cc3)[C@@H]1CC(=O)O2. The van der Waals surface area contributed by atoms with Gasteiger partial charge in [-0.1, -0.05) is 52.3 Å². The van der Waals surface area contributed by atoms with Crippen LogP contribution in [-0.4, -0.2) is 36.9 Å². The molecule has 28 heavy (non-hydrogen) atoms. The van der Waals surface area contributed by atoms with Crippen molar-refractivity contribution in [3.8, 4) is 0 Å². The zero-order valence-electron chi connectivity index (χ0n) is 15.4. The Hall–Kier alpha value is -1.96. The number of nitrogens with zero attached hydrogens (tertiary/aromatic N) is 1. The molecule has 2 aliphatic heterocycles. The maximum Gasteiger partial charge on any atom is 0.308 e. The molecule has 2 aliphatic rings. The first-order valence-electron chi connectivity index (χ1n) is 9.00. The lowest BCUT2D eigenvalue weighted by Crippen LogP contribution is -2.44. The number of hydrogen-bond donors (Lipinski definition) is 0. The lowest BCUT2D eigenvalue weighted by molar-refractivity contribution is -0.144. The molecule has 0 N–H and O–H groups in total. The number of sulfonamides is 1. The smallest absolute Gasteiger partial charge is 0.308 e. The van der Waals surface area contributed by atoms with Gasteiger partial charge in [-0.25, -0.2) is 8.42 Å². The summed E-state index contributed by atoms with van der Waals surface area (Å²) in [7, 11) is -3.74. The van der Waals surface area contributed by atoms with Crippen molar-refractivity contribution < 1.29 is 17.9 Å². The zero-order valence-corrected chi connectivity index (χ0v) is 17.8. The van der Waals surface area contributed by atoms with E-state index in [0.29, 0.717) is 12.0 Å². The van der Waals surface area contributed by atoms with Crippen LogP contribution in [-0.2, 0) is 19.6 Å². The second kappa shape index (κ2) is 6.83. The van der Waals surface area contributed by atoms with Crippen LogP contribution in [0.3, 0.4) is 0 Å². The minimum Gasteiger partial charge on any atom is -0.452 e. The Morgan fingerprint density at radius 3 is 2.46 bits per heavy atom. The number of aryl methyl sites for hydroxylation is 1. The summed E-state index contributed by atoms with van der Waals surface area (Å²) in [5.41, 5.74) is 1.43. The Morgan fingerprint density at radius 2 is 1.82 bits per heavy atom. The van der Waals surface area contributed by atoms with Gasteiger partial charge in [0.2, 0.25) is 10.0 Å². The number of benzene rings is 2. The summed E-state index contributed by atoms with van der Waals surface area (Å²) < 4.78 is 34.6. The molecule has 2 atom stereocenters. The molecule has 0 unspecified atom stereocenters. The van der Waals surface area contributed by atoms with Gasteiger partial charge in [-0.15, -0.1) is 0 Å². The Labute approximate surface area is 173 Å². The fourth-order valence-corrected chi connectivity index (χ4v) is 5.99. The van der Waals surface area contributed by atoms with E-state index in [-0.39, 0.29) is 17.9 Å². The highest BCUT2D eigenvalue weighted by Crippen LogP contribution is 2.49. The molecule has 2 aromatic rings. The van der Waals surface area contributed by atoms with Crippen molar-refractivity contribution >= 4 is 37.5 Å². The van der Waals surface area contributed by atoms with E-state index in [4.69, 9.17) is 4.74 Å². The monoisotopic (exact) mass is 461 g/mol. The molecule has 2 saturated heterocycles. The second-order valence-electron chi connectivity index (χ2n) is 7.25. The summed E-state index contributed by atoms with van der Waals surface area (Å²) in [6, 6.07) is 13.7. The number of carbonyl (C=O) groups is 1. The van der Waals surface area contributed by atoms with Gasteiger partial charge in [0.05, 0.1) is 17.4 Å². The van der Waals surface area contributed by atoms with E-state index in [1.54, 1.807) is 24.3 Å². The molecular formula is C21H20BrNO4S. The number of ether oxygens (including phenoxy) is 1. The van der Waals surface area contributed by atoms with E-state index in [9.17, 15) is 13.2 Å². The van der Waals surface area contributed by atoms with Crippen molar-refractivity contribution in [1.29, 1.82) is 0 Å². The molecule has 0 aliphatic carbocycles. The summed E-state index contributed by atoms with van der Waals surface area (Å²) in [5.74, 6) is -0.396. The van der Waals surface area contributed by atoms with E-state index in [0.717, 1.165) is 15.6 Å². The number of halogens is 1. The average molecular weight is 462 g/mol. The summed E-state index contributed by atoms with van der Waals surface area (Å²) in [4.78, 5) is 12.4. The first-order chi connectivity index (χ1) is 13.2. The highest BCUT2D eigenvalue weighted by Gasteiger charge is 2.60. The van der Waals surface area contributed by atoms with Crippen LogP contribution in [0.15, 0.2) is 64.5 Å². The van der Waals surface area contributed by atoms with E-state index in [2.05, 4.69) is 22.5 Å². The quantitative estimate of drug-likeness (QED) is 0.647. The van der Waals surface area contributed by atoms with Crippen LogP contribution in [0.2, 0.25) is 0 Å². The van der Waals surface area contributed by atoms with Crippen LogP contribution in [0.5, 0.6) is 0 Å². The van der Waals surface area contributed by atoms with E-state index >= 15 is 0 Å². The minimum absolute atomic E-state index is 0.0284. The van der Waals surface area contributed by atoms with Crippen LogP contribution in [0, 0.1) is 6.92 Å². The van der Waals surface area contributed by atoms with E-state index < -0.39 is 27.6 Å². The largest absolute Gasteiger partial charge is 0.452 e. The lowest BCUT2D eigenvalue weighted by atomic mass is 9.83. The molecule has 7 heteroatoms. The van der Waals surface area contributed by atoms with E-state index in [1.165, 1.54) is 4.31 Å². The first kappa shape index (κ1) is 19.4. The number of esters is 1. The summed E-state index contributed by atoms with van der Waals surface area (Å²) in [6.45, 7) is 6.38. The van der Waals surface area contributed by atoms with Crippen molar-refractivity contribution in [2.45, 2.75) is 36.3 Å². The molecule has 0 spiro atoms. The molecule has 4 rings (SSSR count). The summed E-state index contributed by atoms with van der Waals surface area (Å²) >= 11 is 3.41. The first-order valence-corrected chi connectivity index (χ1v) is 11.2. The van der Waals surface area contributed by atoms with Crippen molar-refractivity contribution in [2.24, 2.45) is 0 Å². The van der Waals surface area contributed by atoms with Gasteiger partial charge < -0.3 is 4.74 Å². The molecule has 146 valence electrons. The van der Waals surface area contributed by atoms with Crippen LogP contribution >= 0.6 is 15.9 Å². The molecule has 2 aromatic carbocycles. The highest BCUT2D eigenvalue weighted by atomic mass is 79.9. The third-order valence-electron chi connectivity index (χ3n) is 5.58. The fraction of sp³-hybridized carbons (Fsp3) is 0.286. The number of fused-ring (bicyclic) bond motifs is 1. The van der Waals surface area contributed by atoms with Gasteiger partial charge >= 0.3 is 5.97 Å². The third kappa shape index (κ3) is 3.02. The predicted molar refractivity (Wildman–Crippen MR) is 110 cm³/mol. The van der Waals surface area contributed by atoms with Crippen LogP contribution in [0.25, 0.3) is 5.57 Å². The van der Waals surface area contributed by atoms with Crippen molar-refractivity contribution in [3.05, 3.63) is 70.7 Å². The van der Waals surface area contributed by atoms with Gasteiger partial charge in [0, 0.05) is 17.4 Å². The van der Waals surface area contributed by atoms with Gasteiger partial charge in [0.15, 0.2) is 5.60 Å². The maximum absolute atomic E-state index is 13.3. The molecule has 0 saturated carbocycles. The van der Waals surface area contributed by atoms with Gasteiger partial charge in [-0.05, 0) is 42.3 Å². The van der Waals surface area contributed by atoms with Crippen LogP contribution in [0.1, 0.15) is 24.0 Å². The number of rotatable bonds is 4. The average Bonchev–Trinajstić information content (AvgIpc) is 3.17. The minimum atomic E-state index is -3.74. The molecular weight excluding hydrogens is 442 g/mol. The summed E-state index contributed by atoms with van der Waals surface area (Å²) in [5, 5.41) is 0. The third-order valence-corrected chi connectivity index (χ3v) is 8.03. The van der Waals surface area contributed by atoms with Gasteiger partial charge in [0.25, 0.3) is 0 Å². The summed E-state index contributed by atoms with van der Waals surface area (Å²) in [6.07, 6.45) is 0.421. The molecule has 0 radical (unpaired) electrons. The van der Waals surface area contributed by atoms with Gasteiger partial charge in [-0.3, -0.25) is 4.79 Å². The normalized spacial score (nSPS) is 24.8. The molecule has 2 fully saturated rings. The van der Waals surface area contributed by atoms with Gasteiger partial charge in [0.1, 0.15) is 0 Å². The molecule has 0 bridgehead atoms. The lowest BCUT2D eigenvalue weighted by Gasteiger charge is -2.31. The topological polar surface area (TPSA) is 63.7 Å². The highest BCUT2D eigenvalue weighted by molar-refractivity contribution is 9.10. The zero-order chi connectivity index (χ0) is 20.1. The van der Waals surface area contributed by atoms with Gasteiger partial charge in [-0.2, -0.15) is 4.31 Å². The molecule has 5 nitrogen and oxygen atoms in total. The van der Waals surface area contributed by atoms with Crippen LogP contribution < -0.4 is 0 Å². The predicted octanol–water partition coefficient (Wildman–Crippen LogP) is 3.92.